The SMILES string of the molecule is CC(C)Cn1cc(C(=O)O)c(=O)c2cc(F)c(Br)cc21. The van der Waals surface area contributed by atoms with E-state index in [2.05, 4.69) is 15.9 Å². The number of benzene rings is 1. The van der Waals surface area contributed by atoms with Crippen LogP contribution < -0.4 is 5.43 Å². The highest BCUT2D eigenvalue weighted by Gasteiger charge is 2.16. The van der Waals surface area contributed by atoms with Crippen LogP contribution >= 0.6 is 15.9 Å². The Morgan fingerprint density at radius 2 is 2.10 bits per heavy atom. The van der Waals surface area contributed by atoms with Gasteiger partial charge in [0.15, 0.2) is 0 Å². The average molecular weight is 342 g/mol. The monoisotopic (exact) mass is 341 g/mol. The summed E-state index contributed by atoms with van der Waals surface area (Å²) in [5.74, 6) is -1.64. The number of nitrogens with zero attached hydrogens (tertiary/aromatic N) is 1. The molecule has 0 saturated heterocycles. The van der Waals surface area contributed by atoms with Crippen LogP contribution in [0.25, 0.3) is 10.9 Å². The van der Waals surface area contributed by atoms with Crippen LogP contribution in [0.5, 0.6) is 0 Å². The Bertz CT molecular complexity index is 752. The van der Waals surface area contributed by atoms with Gasteiger partial charge in [-0.25, -0.2) is 9.18 Å². The van der Waals surface area contributed by atoms with Crippen LogP contribution in [0.2, 0.25) is 0 Å². The highest BCUT2D eigenvalue weighted by atomic mass is 79.9. The van der Waals surface area contributed by atoms with E-state index >= 15 is 0 Å². The van der Waals surface area contributed by atoms with Gasteiger partial charge in [0, 0.05) is 18.1 Å². The number of aromatic carboxylic acids is 1. The summed E-state index contributed by atoms with van der Waals surface area (Å²) in [5.41, 5.74) is -0.499. The smallest absolute Gasteiger partial charge is 0.341 e. The number of hydrogen-bond donors (Lipinski definition) is 1. The number of hydrogen-bond acceptors (Lipinski definition) is 2. The van der Waals surface area contributed by atoms with E-state index in [-0.39, 0.29) is 21.3 Å². The summed E-state index contributed by atoms with van der Waals surface area (Å²) in [7, 11) is 0. The summed E-state index contributed by atoms with van der Waals surface area (Å²) < 4.78 is 15.5. The second-order valence-electron chi connectivity index (χ2n) is 5.01. The van der Waals surface area contributed by atoms with Crippen LogP contribution in [0.3, 0.4) is 0 Å². The van der Waals surface area contributed by atoms with Crippen LogP contribution in [0.4, 0.5) is 4.39 Å². The fraction of sp³-hybridized carbons (Fsp3) is 0.286. The maximum absolute atomic E-state index is 13.6. The molecule has 2 aromatic rings. The Morgan fingerprint density at radius 3 is 2.65 bits per heavy atom. The minimum atomic E-state index is -1.31. The first-order valence-corrected chi connectivity index (χ1v) is 6.86. The molecule has 4 nitrogen and oxygen atoms in total. The van der Waals surface area contributed by atoms with Crippen LogP contribution in [-0.2, 0) is 6.54 Å². The Labute approximate surface area is 123 Å². The van der Waals surface area contributed by atoms with Crippen LogP contribution in [0.15, 0.2) is 27.6 Å². The molecule has 106 valence electrons. The summed E-state index contributed by atoms with van der Waals surface area (Å²) >= 11 is 3.08. The third kappa shape index (κ3) is 2.60. The van der Waals surface area contributed by atoms with Gasteiger partial charge in [-0.1, -0.05) is 13.8 Å². The van der Waals surface area contributed by atoms with E-state index in [0.717, 1.165) is 6.07 Å². The summed E-state index contributed by atoms with van der Waals surface area (Å²) in [6, 6.07) is 2.57. The van der Waals surface area contributed by atoms with Crippen molar-refractivity contribution >= 4 is 32.8 Å². The molecule has 0 aliphatic heterocycles. The van der Waals surface area contributed by atoms with Gasteiger partial charge in [0.05, 0.1) is 9.99 Å². The maximum atomic E-state index is 13.6. The normalized spacial score (nSPS) is 11.2. The molecule has 0 spiro atoms. The lowest BCUT2D eigenvalue weighted by Gasteiger charge is -2.15. The maximum Gasteiger partial charge on any atom is 0.341 e. The van der Waals surface area contributed by atoms with E-state index in [1.54, 1.807) is 4.57 Å². The van der Waals surface area contributed by atoms with Crippen molar-refractivity contribution < 1.29 is 14.3 Å². The number of carboxylic acid groups (broad SMARTS) is 1. The molecule has 0 amide bonds. The molecule has 0 bridgehead atoms. The summed E-state index contributed by atoms with van der Waals surface area (Å²) in [6.45, 7) is 4.49. The number of carboxylic acids is 1. The van der Waals surface area contributed by atoms with Gasteiger partial charge in [-0.2, -0.15) is 0 Å². The van der Waals surface area contributed by atoms with Gasteiger partial charge in [-0.3, -0.25) is 4.79 Å². The molecule has 6 heteroatoms. The molecule has 0 aliphatic carbocycles. The van der Waals surface area contributed by atoms with Crippen LogP contribution in [0.1, 0.15) is 24.2 Å². The van der Waals surface area contributed by atoms with E-state index in [0.29, 0.717) is 12.1 Å². The van der Waals surface area contributed by atoms with Crippen molar-refractivity contribution in [3.05, 3.63) is 44.4 Å². The van der Waals surface area contributed by atoms with Crippen LogP contribution in [-0.4, -0.2) is 15.6 Å². The molecule has 20 heavy (non-hydrogen) atoms. The minimum absolute atomic E-state index is 0.0752. The van der Waals surface area contributed by atoms with Gasteiger partial charge < -0.3 is 9.67 Å². The molecule has 0 fully saturated rings. The van der Waals surface area contributed by atoms with Gasteiger partial charge in [0.2, 0.25) is 5.43 Å². The van der Waals surface area contributed by atoms with Crippen molar-refractivity contribution in [2.75, 3.05) is 0 Å². The average Bonchev–Trinajstić information content (AvgIpc) is 2.34. The number of carbonyl (C=O) groups is 1. The predicted octanol–water partition coefficient (Wildman–Crippen LogP) is 3.26. The fourth-order valence-electron chi connectivity index (χ4n) is 2.08. The molecule has 0 atom stereocenters. The van der Waals surface area contributed by atoms with E-state index < -0.39 is 17.2 Å². The second-order valence-corrected chi connectivity index (χ2v) is 5.86. The van der Waals surface area contributed by atoms with Gasteiger partial charge in [-0.15, -0.1) is 0 Å². The number of pyridine rings is 1. The summed E-state index contributed by atoms with van der Waals surface area (Å²) in [6.07, 6.45) is 1.32. The molecule has 1 heterocycles. The number of fused-ring (bicyclic) bond motifs is 1. The van der Waals surface area contributed by atoms with Crippen molar-refractivity contribution in [1.29, 1.82) is 0 Å². The molecule has 2 rings (SSSR count). The van der Waals surface area contributed by atoms with Crippen molar-refractivity contribution in [1.82, 2.24) is 4.57 Å². The largest absolute Gasteiger partial charge is 0.477 e. The van der Waals surface area contributed by atoms with E-state index in [4.69, 9.17) is 5.11 Å². The summed E-state index contributed by atoms with van der Waals surface area (Å²) in [5, 5.41) is 9.17. The number of aromatic nitrogens is 1. The quantitative estimate of drug-likeness (QED) is 0.932. The van der Waals surface area contributed by atoms with Crippen molar-refractivity contribution in [3.63, 3.8) is 0 Å². The Kier molecular flexibility index (Phi) is 3.94. The van der Waals surface area contributed by atoms with Gasteiger partial charge >= 0.3 is 5.97 Å². The van der Waals surface area contributed by atoms with Gasteiger partial charge in [0.1, 0.15) is 11.4 Å². The molecule has 1 aromatic carbocycles. The molecular formula is C14H13BrFNO3. The Morgan fingerprint density at radius 1 is 1.45 bits per heavy atom. The Hall–Kier alpha value is -1.69. The molecule has 0 aliphatic rings. The number of halogens is 2. The zero-order chi connectivity index (χ0) is 15.0. The lowest BCUT2D eigenvalue weighted by molar-refractivity contribution is 0.0694. The highest BCUT2D eigenvalue weighted by Crippen LogP contribution is 2.22. The number of rotatable bonds is 3. The predicted molar refractivity (Wildman–Crippen MR) is 77.7 cm³/mol. The van der Waals surface area contributed by atoms with E-state index in [9.17, 15) is 14.0 Å². The van der Waals surface area contributed by atoms with E-state index in [1.807, 2.05) is 13.8 Å². The fourth-order valence-corrected chi connectivity index (χ4v) is 2.41. The molecule has 0 radical (unpaired) electrons. The first-order valence-electron chi connectivity index (χ1n) is 6.06. The third-order valence-electron chi connectivity index (χ3n) is 2.91. The van der Waals surface area contributed by atoms with Crippen molar-refractivity contribution in [3.8, 4) is 0 Å². The molecule has 1 N–H and O–H groups in total. The first kappa shape index (κ1) is 14.7. The second kappa shape index (κ2) is 5.36. The minimum Gasteiger partial charge on any atom is -0.477 e. The van der Waals surface area contributed by atoms with Crippen LogP contribution in [0, 0.1) is 11.7 Å². The lowest BCUT2D eigenvalue weighted by Crippen LogP contribution is -2.20. The zero-order valence-electron chi connectivity index (χ0n) is 11.0. The zero-order valence-corrected chi connectivity index (χ0v) is 12.6. The first-order chi connectivity index (χ1) is 9.31. The molecule has 1 aromatic heterocycles. The lowest BCUT2D eigenvalue weighted by atomic mass is 10.1. The van der Waals surface area contributed by atoms with E-state index in [1.165, 1.54) is 12.3 Å². The molecule has 0 saturated carbocycles. The molecule has 0 unspecified atom stereocenters. The highest BCUT2D eigenvalue weighted by molar-refractivity contribution is 9.10. The summed E-state index contributed by atoms with van der Waals surface area (Å²) in [4.78, 5) is 23.2. The molecular weight excluding hydrogens is 329 g/mol. The van der Waals surface area contributed by atoms with Crippen molar-refractivity contribution in [2.45, 2.75) is 20.4 Å². The standard InChI is InChI=1S/C14H13BrFNO3/c1-7(2)5-17-6-9(14(19)20)13(18)8-3-11(16)10(15)4-12(8)17/h3-4,6-7H,5H2,1-2H3,(H,19,20). The van der Waals surface area contributed by atoms with Gasteiger partial charge in [-0.05, 0) is 34.0 Å². The third-order valence-corrected chi connectivity index (χ3v) is 3.52. The Balaban J connectivity index is 2.89. The topological polar surface area (TPSA) is 59.3 Å². The van der Waals surface area contributed by atoms with Gasteiger partial charge in [0.25, 0.3) is 0 Å². The van der Waals surface area contributed by atoms with Crippen molar-refractivity contribution in [2.24, 2.45) is 5.92 Å².